The van der Waals surface area contributed by atoms with Crippen LogP contribution in [-0.4, -0.2) is 61.2 Å². The lowest BCUT2D eigenvalue weighted by Gasteiger charge is -2.36. The van der Waals surface area contributed by atoms with E-state index >= 15 is 0 Å². The zero-order valence-electron chi connectivity index (χ0n) is 18.8. The predicted octanol–water partition coefficient (Wildman–Crippen LogP) is 2.59. The first-order valence-electron chi connectivity index (χ1n) is 11.1. The van der Waals surface area contributed by atoms with Gasteiger partial charge in [-0.05, 0) is 25.0 Å². The Hall–Kier alpha value is -3.03. The van der Waals surface area contributed by atoms with Gasteiger partial charge in [0, 0.05) is 57.4 Å². The van der Waals surface area contributed by atoms with Gasteiger partial charge in [0.2, 0.25) is 5.91 Å². The highest BCUT2D eigenvalue weighted by atomic mass is 16.5. The Bertz CT molecular complexity index is 841. The van der Waals surface area contributed by atoms with E-state index in [0.29, 0.717) is 31.4 Å². The molecule has 1 fully saturated rings. The molecule has 2 aromatic rings. The molecule has 1 aliphatic rings. The van der Waals surface area contributed by atoms with Gasteiger partial charge < -0.3 is 25.0 Å². The Morgan fingerprint density at radius 2 is 1.90 bits per heavy atom. The summed E-state index contributed by atoms with van der Waals surface area (Å²) in [5, 5.41) is 10.5. The van der Waals surface area contributed by atoms with Gasteiger partial charge in [0.25, 0.3) is 0 Å². The van der Waals surface area contributed by atoms with Crippen LogP contribution in [0.4, 0.5) is 5.69 Å². The number of hydrogen-bond donors (Lipinski definition) is 2. The average molecular weight is 427 g/mol. The van der Waals surface area contributed by atoms with Gasteiger partial charge in [-0.25, -0.2) is 4.99 Å². The third-order valence-corrected chi connectivity index (χ3v) is 5.29. The zero-order chi connectivity index (χ0) is 22.1. The van der Waals surface area contributed by atoms with Gasteiger partial charge in [-0.15, -0.1) is 0 Å². The molecular formula is C23H34N6O2. The second-order valence-electron chi connectivity index (χ2n) is 7.95. The van der Waals surface area contributed by atoms with Crippen LogP contribution in [0.15, 0.2) is 45.9 Å². The van der Waals surface area contributed by atoms with Crippen LogP contribution in [0.25, 0.3) is 0 Å². The standard InChI is InChI=1S/C23H34N6O2/c1-4-24-23(26-17-20-16-21(18(2)3)27-31-20)25-11-10-22(30)29-14-12-28(13-15-29)19-8-6-5-7-9-19/h5-9,16,18H,4,10-15,17H2,1-3H3,(H2,24,25,26). The maximum atomic E-state index is 12.6. The molecule has 3 rings (SSSR count). The van der Waals surface area contributed by atoms with Crippen LogP contribution < -0.4 is 15.5 Å². The summed E-state index contributed by atoms with van der Waals surface area (Å²) < 4.78 is 5.34. The van der Waals surface area contributed by atoms with Gasteiger partial charge in [0.15, 0.2) is 11.7 Å². The third-order valence-electron chi connectivity index (χ3n) is 5.29. The summed E-state index contributed by atoms with van der Waals surface area (Å²) in [7, 11) is 0. The predicted molar refractivity (Wildman–Crippen MR) is 123 cm³/mol. The fraction of sp³-hybridized carbons (Fsp3) is 0.522. The number of piperazine rings is 1. The van der Waals surface area contributed by atoms with E-state index in [4.69, 9.17) is 4.52 Å². The number of carbonyl (C=O) groups is 1. The van der Waals surface area contributed by atoms with Gasteiger partial charge in [-0.3, -0.25) is 4.79 Å². The molecule has 0 bridgehead atoms. The molecule has 1 aromatic carbocycles. The van der Waals surface area contributed by atoms with E-state index in [9.17, 15) is 4.79 Å². The molecule has 8 nitrogen and oxygen atoms in total. The van der Waals surface area contributed by atoms with Gasteiger partial charge >= 0.3 is 0 Å². The lowest BCUT2D eigenvalue weighted by Crippen LogP contribution is -2.49. The molecule has 0 spiro atoms. The Labute approximate surface area is 184 Å². The number of carbonyl (C=O) groups excluding carboxylic acids is 1. The molecule has 0 saturated carbocycles. The van der Waals surface area contributed by atoms with Crippen LogP contribution in [0, 0.1) is 0 Å². The maximum Gasteiger partial charge on any atom is 0.224 e. The Balaban J connectivity index is 1.42. The molecule has 0 unspecified atom stereocenters. The fourth-order valence-electron chi connectivity index (χ4n) is 3.47. The molecule has 168 valence electrons. The van der Waals surface area contributed by atoms with Crippen molar-refractivity contribution >= 4 is 17.6 Å². The molecule has 8 heteroatoms. The number of amides is 1. The Morgan fingerprint density at radius 3 is 2.55 bits per heavy atom. The molecule has 1 amide bonds. The zero-order valence-corrected chi connectivity index (χ0v) is 18.8. The number of guanidine groups is 1. The first-order chi connectivity index (χ1) is 15.1. The van der Waals surface area contributed by atoms with Crippen molar-refractivity contribution in [3.05, 3.63) is 47.9 Å². The van der Waals surface area contributed by atoms with Crippen molar-refractivity contribution in [1.29, 1.82) is 0 Å². The Kier molecular flexibility index (Phi) is 8.32. The monoisotopic (exact) mass is 426 g/mol. The fourth-order valence-corrected chi connectivity index (χ4v) is 3.47. The summed E-state index contributed by atoms with van der Waals surface area (Å²) in [6.45, 7) is 11.1. The normalized spacial score (nSPS) is 14.8. The number of aliphatic imine (C=N–C) groups is 1. The van der Waals surface area contributed by atoms with E-state index in [-0.39, 0.29) is 5.91 Å². The molecule has 1 aromatic heterocycles. The average Bonchev–Trinajstić information content (AvgIpc) is 3.27. The number of nitrogens with zero attached hydrogens (tertiary/aromatic N) is 4. The lowest BCUT2D eigenvalue weighted by molar-refractivity contribution is -0.131. The molecule has 31 heavy (non-hydrogen) atoms. The van der Waals surface area contributed by atoms with E-state index in [1.807, 2.05) is 36.1 Å². The topological polar surface area (TPSA) is 86.0 Å². The van der Waals surface area contributed by atoms with Gasteiger partial charge in [0.1, 0.15) is 6.54 Å². The number of hydrogen-bond acceptors (Lipinski definition) is 5. The van der Waals surface area contributed by atoms with Crippen molar-refractivity contribution in [1.82, 2.24) is 20.7 Å². The number of benzene rings is 1. The van der Waals surface area contributed by atoms with E-state index in [0.717, 1.165) is 44.2 Å². The molecule has 1 aliphatic heterocycles. The highest BCUT2D eigenvalue weighted by Gasteiger charge is 2.20. The number of aromatic nitrogens is 1. The highest BCUT2D eigenvalue weighted by Crippen LogP contribution is 2.16. The number of rotatable bonds is 8. The van der Waals surface area contributed by atoms with Crippen LogP contribution >= 0.6 is 0 Å². The third kappa shape index (κ3) is 6.73. The lowest BCUT2D eigenvalue weighted by atomic mass is 10.1. The van der Waals surface area contributed by atoms with Crippen LogP contribution in [0.5, 0.6) is 0 Å². The van der Waals surface area contributed by atoms with Crippen molar-refractivity contribution in [2.24, 2.45) is 4.99 Å². The van der Waals surface area contributed by atoms with Crippen molar-refractivity contribution < 1.29 is 9.32 Å². The SMILES string of the molecule is CCNC(=NCc1cc(C(C)C)no1)NCCC(=O)N1CCN(c2ccccc2)CC1. The Morgan fingerprint density at radius 1 is 1.16 bits per heavy atom. The summed E-state index contributed by atoms with van der Waals surface area (Å²) in [5.74, 6) is 1.90. The van der Waals surface area contributed by atoms with Crippen LogP contribution in [0.2, 0.25) is 0 Å². The van der Waals surface area contributed by atoms with Crippen LogP contribution in [0.3, 0.4) is 0 Å². The summed E-state index contributed by atoms with van der Waals surface area (Å²) in [6, 6.07) is 12.3. The molecule has 0 aliphatic carbocycles. The van der Waals surface area contributed by atoms with Gasteiger partial charge in [-0.1, -0.05) is 37.2 Å². The minimum atomic E-state index is 0.174. The largest absolute Gasteiger partial charge is 0.368 e. The molecule has 2 N–H and O–H groups in total. The number of nitrogens with one attached hydrogen (secondary N) is 2. The van der Waals surface area contributed by atoms with E-state index in [1.165, 1.54) is 5.69 Å². The molecular weight excluding hydrogens is 392 g/mol. The highest BCUT2D eigenvalue weighted by molar-refractivity contribution is 5.81. The van der Waals surface area contributed by atoms with Crippen molar-refractivity contribution in [3.63, 3.8) is 0 Å². The smallest absolute Gasteiger partial charge is 0.224 e. The van der Waals surface area contributed by atoms with Crippen LogP contribution in [0.1, 0.15) is 44.6 Å². The van der Waals surface area contributed by atoms with Crippen molar-refractivity contribution in [2.45, 2.75) is 39.7 Å². The van der Waals surface area contributed by atoms with Gasteiger partial charge in [-0.2, -0.15) is 0 Å². The van der Waals surface area contributed by atoms with Crippen LogP contribution in [-0.2, 0) is 11.3 Å². The summed E-state index contributed by atoms with van der Waals surface area (Å²) in [4.78, 5) is 21.4. The summed E-state index contributed by atoms with van der Waals surface area (Å²) in [6.07, 6.45) is 0.440. The van der Waals surface area contributed by atoms with E-state index in [1.54, 1.807) is 0 Å². The summed E-state index contributed by atoms with van der Waals surface area (Å²) >= 11 is 0. The molecule has 2 heterocycles. The molecule has 0 atom stereocenters. The summed E-state index contributed by atoms with van der Waals surface area (Å²) in [5.41, 5.74) is 2.15. The first-order valence-corrected chi connectivity index (χ1v) is 11.1. The second-order valence-corrected chi connectivity index (χ2v) is 7.95. The number of anilines is 1. The van der Waals surface area contributed by atoms with Gasteiger partial charge in [0.05, 0.1) is 5.69 Å². The van der Waals surface area contributed by atoms with Crippen molar-refractivity contribution in [2.75, 3.05) is 44.2 Å². The van der Waals surface area contributed by atoms with E-state index in [2.05, 4.69) is 51.7 Å². The van der Waals surface area contributed by atoms with E-state index < -0.39 is 0 Å². The van der Waals surface area contributed by atoms with Crippen molar-refractivity contribution in [3.8, 4) is 0 Å². The number of para-hydroxylation sites is 1. The quantitative estimate of drug-likeness (QED) is 0.499. The molecule has 0 radical (unpaired) electrons. The minimum Gasteiger partial charge on any atom is -0.368 e. The minimum absolute atomic E-state index is 0.174. The maximum absolute atomic E-state index is 12.6. The molecule has 1 saturated heterocycles. The second kappa shape index (κ2) is 11.4. The first kappa shape index (κ1) is 22.7.